The lowest BCUT2D eigenvalue weighted by Gasteiger charge is -2.32. The summed E-state index contributed by atoms with van der Waals surface area (Å²) in [6, 6.07) is 4.73. The molecule has 0 amide bonds. The first-order valence-electron chi connectivity index (χ1n) is 7.69. The van der Waals surface area contributed by atoms with Gasteiger partial charge in [-0.1, -0.05) is 6.07 Å². The fourth-order valence-corrected chi connectivity index (χ4v) is 2.47. The Morgan fingerprint density at radius 3 is 2.58 bits per heavy atom. The third-order valence-corrected chi connectivity index (χ3v) is 3.83. The minimum Gasteiger partial charge on any atom is -0.493 e. The number of methoxy groups -OCH3 is 1. The smallest absolute Gasteiger partial charge is 0.422 e. The summed E-state index contributed by atoms with van der Waals surface area (Å²) in [5.41, 5.74) is 0.0415. The molecule has 0 spiro atoms. The maximum Gasteiger partial charge on any atom is 0.422 e. The Morgan fingerprint density at radius 2 is 1.96 bits per heavy atom. The Kier molecular flexibility index (Phi) is 6.31. The highest BCUT2D eigenvalue weighted by atomic mass is 19.4. The first-order chi connectivity index (χ1) is 11.3. The van der Waals surface area contributed by atoms with E-state index in [1.165, 1.54) is 13.2 Å². The van der Waals surface area contributed by atoms with Crippen LogP contribution in [-0.4, -0.2) is 50.4 Å². The summed E-state index contributed by atoms with van der Waals surface area (Å²) in [5, 5.41) is 13.5. The fraction of sp³-hybridized carbons (Fsp3) is 0.625. The Morgan fingerprint density at radius 1 is 1.25 bits per heavy atom. The zero-order valence-corrected chi connectivity index (χ0v) is 13.5. The van der Waals surface area contributed by atoms with Gasteiger partial charge in [-0.25, -0.2) is 0 Å². The van der Waals surface area contributed by atoms with Crippen molar-refractivity contribution in [1.29, 1.82) is 0 Å². The lowest BCUT2D eigenvalue weighted by molar-refractivity contribution is -0.153. The molecule has 2 rings (SSSR count). The van der Waals surface area contributed by atoms with Gasteiger partial charge in [0.25, 0.3) is 0 Å². The summed E-state index contributed by atoms with van der Waals surface area (Å²) >= 11 is 0. The molecular formula is C16H22F3NO4. The molecule has 2 N–H and O–H groups in total. The minimum atomic E-state index is -4.40. The van der Waals surface area contributed by atoms with E-state index in [1.807, 2.05) is 0 Å². The van der Waals surface area contributed by atoms with Crippen molar-refractivity contribution >= 4 is 0 Å². The van der Waals surface area contributed by atoms with Gasteiger partial charge < -0.3 is 24.6 Å². The molecule has 1 aliphatic heterocycles. The van der Waals surface area contributed by atoms with E-state index in [9.17, 15) is 18.3 Å². The number of alkyl halides is 3. The maximum absolute atomic E-state index is 12.2. The second-order valence-electron chi connectivity index (χ2n) is 5.83. The third-order valence-electron chi connectivity index (χ3n) is 3.83. The molecule has 0 aromatic heterocycles. The predicted octanol–water partition coefficient (Wildman–Crippen LogP) is 2.27. The van der Waals surface area contributed by atoms with Crippen LogP contribution in [0.1, 0.15) is 18.4 Å². The third kappa shape index (κ3) is 5.85. The number of hydrogen-bond donors (Lipinski definition) is 2. The molecule has 0 saturated carbocycles. The van der Waals surface area contributed by atoms with Crippen molar-refractivity contribution in [2.75, 3.05) is 33.5 Å². The van der Waals surface area contributed by atoms with E-state index in [4.69, 9.17) is 14.2 Å². The zero-order valence-electron chi connectivity index (χ0n) is 13.5. The molecule has 1 saturated heterocycles. The lowest BCUT2D eigenvalue weighted by atomic mass is 9.94. The van der Waals surface area contributed by atoms with Crippen LogP contribution < -0.4 is 14.8 Å². The van der Waals surface area contributed by atoms with Crippen LogP contribution in [0.5, 0.6) is 11.5 Å². The van der Waals surface area contributed by atoms with Crippen LogP contribution >= 0.6 is 0 Å². The van der Waals surface area contributed by atoms with Crippen molar-refractivity contribution in [1.82, 2.24) is 5.32 Å². The van der Waals surface area contributed by atoms with Crippen LogP contribution in [0.25, 0.3) is 0 Å². The molecule has 1 aromatic rings. The Balaban J connectivity index is 1.89. The van der Waals surface area contributed by atoms with Gasteiger partial charge in [0.2, 0.25) is 0 Å². The van der Waals surface area contributed by atoms with Gasteiger partial charge in [0.15, 0.2) is 18.1 Å². The van der Waals surface area contributed by atoms with Crippen LogP contribution in [-0.2, 0) is 11.3 Å². The van der Waals surface area contributed by atoms with E-state index in [0.29, 0.717) is 39.1 Å². The molecule has 0 aliphatic carbocycles. The van der Waals surface area contributed by atoms with Gasteiger partial charge in [0.1, 0.15) is 0 Å². The lowest BCUT2D eigenvalue weighted by Crippen LogP contribution is -2.44. The zero-order chi connectivity index (χ0) is 17.6. The number of benzene rings is 1. The highest BCUT2D eigenvalue weighted by Gasteiger charge is 2.30. The molecule has 1 heterocycles. The first kappa shape index (κ1) is 18.8. The quantitative estimate of drug-likeness (QED) is 0.791. The van der Waals surface area contributed by atoms with Crippen molar-refractivity contribution in [3.63, 3.8) is 0 Å². The summed E-state index contributed by atoms with van der Waals surface area (Å²) in [6.07, 6.45) is -3.24. The largest absolute Gasteiger partial charge is 0.493 e. The van der Waals surface area contributed by atoms with Gasteiger partial charge in [-0.3, -0.25) is 0 Å². The van der Waals surface area contributed by atoms with E-state index < -0.39 is 18.4 Å². The molecule has 1 fully saturated rings. The number of nitrogens with one attached hydrogen (secondary N) is 1. The topological polar surface area (TPSA) is 60.0 Å². The summed E-state index contributed by atoms with van der Waals surface area (Å²) in [4.78, 5) is 0. The molecular weight excluding hydrogens is 327 g/mol. The maximum atomic E-state index is 12.2. The molecule has 0 unspecified atom stereocenters. The van der Waals surface area contributed by atoms with Crippen molar-refractivity contribution in [2.45, 2.75) is 31.2 Å². The second kappa shape index (κ2) is 8.04. The Bertz CT molecular complexity index is 531. The van der Waals surface area contributed by atoms with Gasteiger partial charge in [0, 0.05) is 39.1 Å². The van der Waals surface area contributed by atoms with E-state index in [0.717, 1.165) is 5.56 Å². The van der Waals surface area contributed by atoms with Gasteiger partial charge in [-0.2, -0.15) is 13.2 Å². The fourth-order valence-electron chi connectivity index (χ4n) is 2.47. The van der Waals surface area contributed by atoms with Crippen LogP contribution in [0.2, 0.25) is 0 Å². The standard InChI is InChI=1S/C16H22F3NO4/c1-22-14-8-12(2-3-13(14)24-11-16(17,18)19)9-20-10-15(21)4-6-23-7-5-15/h2-3,8,20-21H,4-7,9-11H2,1H3. The highest BCUT2D eigenvalue weighted by Crippen LogP contribution is 2.30. The molecule has 0 bridgehead atoms. The molecule has 0 atom stereocenters. The van der Waals surface area contributed by atoms with E-state index in [-0.39, 0.29) is 11.5 Å². The molecule has 8 heteroatoms. The second-order valence-corrected chi connectivity index (χ2v) is 5.83. The van der Waals surface area contributed by atoms with Gasteiger partial charge in [-0.15, -0.1) is 0 Å². The monoisotopic (exact) mass is 349 g/mol. The van der Waals surface area contributed by atoms with Crippen LogP contribution in [0, 0.1) is 0 Å². The van der Waals surface area contributed by atoms with Crippen molar-refractivity contribution in [2.24, 2.45) is 0 Å². The van der Waals surface area contributed by atoms with E-state index in [1.54, 1.807) is 12.1 Å². The number of halogens is 3. The van der Waals surface area contributed by atoms with Gasteiger partial charge in [0.05, 0.1) is 12.7 Å². The van der Waals surface area contributed by atoms with Crippen molar-refractivity contribution in [3.05, 3.63) is 23.8 Å². The van der Waals surface area contributed by atoms with Crippen LogP contribution in [0.15, 0.2) is 18.2 Å². The Labute approximate surface area is 138 Å². The van der Waals surface area contributed by atoms with Crippen molar-refractivity contribution < 1.29 is 32.5 Å². The number of aliphatic hydroxyl groups is 1. The summed E-state index contributed by atoms with van der Waals surface area (Å²) < 4.78 is 51.7. The summed E-state index contributed by atoms with van der Waals surface area (Å²) in [5.74, 6) is 0.282. The first-order valence-corrected chi connectivity index (χ1v) is 7.69. The average molecular weight is 349 g/mol. The van der Waals surface area contributed by atoms with Crippen LogP contribution in [0.4, 0.5) is 13.2 Å². The van der Waals surface area contributed by atoms with E-state index in [2.05, 4.69) is 5.32 Å². The number of hydrogen-bond acceptors (Lipinski definition) is 5. The molecule has 1 aliphatic rings. The van der Waals surface area contributed by atoms with E-state index >= 15 is 0 Å². The molecule has 24 heavy (non-hydrogen) atoms. The molecule has 1 aromatic carbocycles. The van der Waals surface area contributed by atoms with Gasteiger partial charge in [-0.05, 0) is 17.7 Å². The van der Waals surface area contributed by atoms with Gasteiger partial charge >= 0.3 is 6.18 Å². The summed E-state index contributed by atoms with van der Waals surface area (Å²) in [7, 11) is 1.37. The normalized spacial score (nSPS) is 17.5. The molecule has 5 nitrogen and oxygen atoms in total. The minimum absolute atomic E-state index is 0.0432. The highest BCUT2D eigenvalue weighted by molar-refractivity contribution is 5.43. The molecule has 0 radical (unpaired) electrons. The average Bonchev–Trinajstić information content (AvgIpc) is 2.53. The predicted molar refractivity (Wildman–Crippen MR) is 81.3 cm³/mol. The molecule has 136 valence electrons. The number of ether oxygens (including phenoxy) is 3. The SMILES string of the molecule is COc1cc(CNCC2(O)CCOCC2)ccc1OCC(F)(F)F. The number of rotatable bonds is 7. The van der Waals surface area contributed by atoms with Crippen LogP contribution in [0.3, 0.4) is 0 Å². The summed E-state index contributed by atoms with van der Waals surface area (Å²) in [6.45, 7) is 0.592. The van der Waals surface area contributed by atoms with Crippen molar-refractivity contribution in [3.8, 4) is 11.5 Å². The Hall–Kier alpha value is -1.51.